The van der Waals surface area contributed by atoms with E-state index in [-0.39, 0.29) is 17.5 Å². The van der Waals surface area contributed by atoms with E-state index in [4.69, 9.17) is 21.1 Å². The number of anilines is 1. The highest BCUT2D eigenvalue weighted by Gasteiger charge is 2.36. The highest BCUT2D eigenvalue weighted by molar-refractivity contribution is 7.92. The lowest BCUT2D eigenvalue weighted by molar-refractivity contribution is 0.414. The summed E-state index contributed by atoms with van der Waals surface area (Å²) in [6.07, 6.45) is 5.45. The first-order chi connectivity index (χ1) is 21.2. The van der Waals surface area contributed by atoms with Gasteiger partial charge in [0.15, 0.2) is 9.84 Å². The maximum absolute atomic E-state index is 12.1. The van der Waals surface area contributed by atoms with E-state index < -0.39 is 9.84 Å². The molecule has 0 amide bonds. The molecule has 5 aromatic rings. The Bertz CT molecular complexity index is 1940. The van der Waals surface area contributed by atoms with Gasteiger partial charge in [-0.15, -0.1) is 0 Å². The van der Waals surface area contributed by atoms with Gasteiger partial charge in [-0.3, -0.25) is 4.98 Å². The zero-order chi connectivity index (χ0) is 31.0. The Labute approximate surface area is 262 Å². The van der Waals surface area contributed by atoms with Gasteiger partial charge in [0.05, 0.1) is 60.3 Å². The van der Waals surface area contributed by atoms with Crippen molar-refractivity contribution in [3.05, 3.63) is 107 Å². The highest BCUT2D eigenvalue weighted by atomic mass is 35.5. The zero-order valence-electron chi connectivity index (χ0n) is 24.6. The fourth-order valence-electron chi connectivity index (χ4n) is 5.71. The van der Waals surface area contributed by atoms with Gasteiger partial charge in [-0.25, -0.2) is 8.42 Å². The number of hydrogen-bond donors (Lipinski definition) is 0. The van der Waals surface area contributed by atoms with Crippen molar-refractivity contribution >= 4 is 38.0 Å². The van der Waals surface area contributed by atoms with Gasteiger partial charge < -0.3 is 18.9 Å². The van der Waals surface area contributed by atoms with Gasteiger partial charge in [0.25, 0.3) is 0 Å². The predicted molar refractivity (Wildman–Crippen MR) is 173 cm³/mol. The lowest BCUT2D eigenvalue weighted by Crippen LogP contribution is -2.37. The second kappa shape index (κ2) is 11.9. The van der Waals surface area contributed by atoms with Crippen LogP contribution in [0, 0.1) is 18.3 Å². The smallest absolute Gasteiger partial charge is 0.154 e. The molecular formula is C34H31ClN4O4S. The van der Waals surface area contributed by atoms with Crippen LogP contribution in [0.2, 0.25) is 5.02 Å². The number of halogens is 1. The second-order valence-corrected chi connectivity index (χ2v) is 13.6. The van der Waals surface area contributed by atoms with Crippen molar-refractivity contribution < 1.29 is 17.9 Å². The Hall–Kier alpha value is -4.52. The number of nitriles is 1. The molecule has 3 aromatic carbocycles. The number of aromatic nitrogens is 2. The number of methoxy groups -OCH3 is 2. The van der Waals surface area contributed by atoms with Crippen molar-refractivity contribution in [2.75, 3.05) is 30.6 Å². The summed E-state index contributed by atoms with van der Waals surface area (Å²) in [4.78, 5) is 6.79. The molecule has 1 fully saturated rings. The third-order valence-corrected chi connectivity index (χ3v) is 10.3. The number of ether oxygens (including phenoxy) is 2. The predicted octanol–water partition coefficient (Wildman–Crippen LogP) is 6.73. The second-order valence-electron chi connectivity index (χ2n) is 11.0. The molecule has 1 aliphatic heterocycles. The Morgan fingerprint density at radius 3 is 2.07 bits per heavy atom. The van der Waals surface area contributed by atoms with Gasteiger partial charge in [0.2, 0.25) is 0 Å². The topological polar surface area (TPSA) is 97.4 Å². The average Bonchev–Trinajstić information content (AvgIpc) is 3.37. The van der Waals surface area contributed by atoms with Crippen LogP contribution in [0.5, 0.6) is 11.5 Å². The van der Waals surface area contributed by atoms with E-state index in [0.29, 0.717) is 29.2 Å². The maximum atomic E-state index is 12.1. The van der Waals surface area contributed by atoms with Crippen molar-refractivity contribution in [3.8, 4) is 28.7 Å². The zero-order valence-corrected chi connectivity index (χ0v) is 26.2. The molecule has 224 valence electrons. The van der Waals surface area contributed by atoms with Crippen molar-refractivity contribution in [3.63, 3.8) is 0 Å². The van der Waals surface area contributed by atoms with E-state index in [0.717, 1.165) is 50.3 Å². The van der Waals surface area contributed by atoms with E-state index in [9.17, 15) is 13.7 Å². The summed E-state index contributed by atoms with van der Waals surface area (Å²) in [6.45, 7) is 3.00. The molecule has 0 radical (unpaired) electrons. The number of pyridine rings is 1. The third-order valence-electron chi connectivity index (χ3n) is 8.14. The molecule has 1 saturated heterocycles. The minimum Gasteiger partial charge on any atom is -0.497 e. The number of hydrogen-bond acceptors (Lipinski definition) is 7. The van der Waals surface area contributed by atoms with Crippen LogP contribution < -0.4 is 14.4 Å². The molecule has 0 spiro atoms. The van der Waals surface area contributed by atoms with Gasteiger partial charge in [0.1, 0.15) is 11.5 Å². The monoisotopic (exact) mass is 626 g/mol. The van der Waals surface area contributed by atoms with Crippen LogP contribution >= 0.6 is 11.6 Å². The quantitative estimate of drug-likeness (QED) is 0.179. The summed E-state index contributed by atoms with van der Waals surface area (Å²) in [5.41, 5.74) is 6.64. The molecule has 0 saturated carbocycles. The van der Waals surface area contributed by atoms with Crippen LogP contribution in [0.1, 0.15) is 28.3 Å². The molecule has 0 N–H and O–H groups in total. The van der Waals surface area contributed by atoms with E-state index >= 15 is 0 Å². The van der Waals surface area contributed by atoms with Crippen LogP contribution in [-0.4, -0.2) is 43.7 Å². The number of rotatable bonds is 9. The number of nitrogens with zero attached hydrogens (tertiary/aromatic N) is 4. The molecule has 8 nitrogen and oxygen atoms in total. The fourth-order valence-corrected chi connectivity index (χ4v) is 7.42. The fraction of sp³-hybridized carbons (Fsp3) is 0.235. The SMILES string of the molecule is COc1ccc(CN(Cc2ccc(OC)cc2)c2cncc(-c3cn(C4CS(=O)(=O)C4)c4cc(C)c(C#N)cc34)c2Cl)cc1. The molecule has 2 aromatic heterocycles. The molecule has 0 unspecified atom stereocenters. The van der Waals surface area contributed by atoms with Crippen molar-refractivity contribution in [2.45, 2.75) is 26.1 Å². The van der Waals surface area contributed by atoms with Gasteiger partial charge >= 0.3 is 0 Å². The number of benzene rings is 3. The van der Waals surface area contributed by atoms with E-state index in [1.165, 1.54) is 0 Å². The molecule has 10 heteroatoms. The number of aryl methyl sites for hydroxylation is 1. The highest BCUT2D eigenvalue weighted by Crippen LogP contribution is 2.42. The van der Waals surface area contributed by atoms with E-state index in [2.05, 4.69) is 16.0 Å². The van der Waals surface area contributed by atoms with Crippen LogP contribution in [0.4, 0.5) is 5.69 Å². The molecular weight excluding hydrogens is 596 g/mol. The van der Waals surface area contributed by atoms with E-state index in [1.807, 2.05) is 78.4 Å². The van der Waals surface area contributed by atoms with Crippen molar-refractivity contribution in [1.82, 2.24) is 9.55 Å². The Balaban J connectivity index is 1.46. The molecule has 1 aliphatic rings. The van der Waals surface area contributed by atoms with Crippen molar-refractivity contribution in [2.24, 2.45) is 0 Å². The number of fused-ring (bicyclic) bond motifs is 1. The summed E-state index contributed by atoms with van der Waals surface area (Å²) < 4.78 is 36.9. The summed E-state index contributed by atoms with van der Waals surface area (Å²) in [5, 5.41) is 11.1. The van der Waals surface area contributed by atoms with E-state index in [1.54, 1.807) is 26.6 Å². The molecule has 0 bridgehead atoms. The maximum Gasteiger partial charge on any atom is 0.154 e. The first-order valence-corrected chi connectivity index (χ1v) is 16.3. The molecule has 6 rings (SSSR count). The molecule has 0 aliphatic carbocycles. The largest absolute Gasteiger partial charge is 0.497 e. The lowest BCUT2D eigenvalue weighted by Gasteiger charge is -2.28. The summed E-state index contributed by atoms with van der Waals surface area (Å²) in [6, 6.07) is 21.7. The minimum absolute atomic E-state index is 0.0821. The third kappa shape index (κ3) is 5.71. The van der Waals surface area contributed by atoms with Crippen molar-refractivity contribution in [1.29, 1.82) is 5.26 Å². The van der Waals surface area contributed by atoms with Crippen LogP contribution in [0.3, 0.4) is 0 Å². The average molecular weight is 627 g/mol. The number of sulfone groups is 1. The van der Waals surface area contributed by atoms with Crippen LogP contribution in [0.25, 0.3) is 22.0 Å². The van der Waals surface area contributed by atoms with Gasteiger partial charge in [-0.1, -0.05) is 35.9 Å². The molecule has 3 heterocycles. The van der Waals surface area contributed by atoms with Gasteiger partial charge in [-0.2, -0.15) is 5.26 Å². The standard InChI is InChI=1S/C34H31ClN4O4S/c1-22-12-32-29(13-25(22)14-36)31(19-39(32)26-20-44(40,41)21-26)30-15-37-16-33(34(30)35)38(17-23-4-8-27(42-2)9-5-23)18-24-6-10-28(43-3)11-7-24/h4-13,15-16,19,26H,17-18,20-21H2,1-3H3. The minimum atomic E-state index is -3.05. The normalized spacial score (nSPS) is 14.2. The Morgan fingerprint density at radius 2 is 1.55 bits per heavy atom. The Morgan fingerprint density at radius 1 is 0.955 bits per heavy atom. The lowest BCUT2D eigenvalue weighted by atomic mass is 10.0. The molecule has 44 heavy (non-hydrogen) atoms. The summed E-state index contributed by atoms with van der Waals surface area (Å²) >= 11 is 7.26. The molecule has 0 atom stereocenters. The van der Waals surface area contributed by atoms with Gasteiger partial charge in [0, 0.05) is 47.5 Å². The summed E-state index contributed by atoms with van der Waals surface area (Å²) in [7, 11) is 0.231. The Kier molecular flexibility index (Phi) is 7.97. The van der Waals surface area contributed by atoms with Crippen LogP contribution in [0.15, 0.2) is 79.3 Å². The first kappa shape index (κ1) is 29.5. The summed E-state index contributed by atoms with van der Waals surface area (Å²) in [5.74, 6) is 1.72. The first-order valence-electron chi connectivity index (χ1n) is 14.1. The van der Waals surface area contributed by atoms with Crippen LogP contribution in [-0.2, 0) is 22.9 Å². The van der Waals surface area contributed by atoms with Gasteiger partial charge in [-0.05, 0) is 60.0 Å².